The SMILES string of the molecule is CCN(Cc1ccc(OC)c(F)c1)C(=O)CN1C(=O)N[C@@](C)(c2cccc(Br)c2)C1=O. The van der Waals surface area contributed by atoms with Gasteiger partial charge in [-0.15, -0.1) is 0 Å². The molecule has 0 saturated carbocycles. The van der Waals surface area contributed by atoms with Gasteiger partial charge in [-0.05, 0) is 49.2 Å². The Morgan fingerprint density at radius 3 is 2.61 bits per heavy atom. The summed E-state index contributed by atoms with van der Waals surface area (Å²) < 4.78 is 19.7. The van der Waals surface area contributed by atoms with Crippen molar-refractivity contribution in [1.82, 2.24) is 15.1 Å². The van der Waals surface area contributed by atoms with Gasteiger partial charge in [-0.2, -0.15) is 0 Å². The molecule has 31 heavy (non-hydrogen) atoms. The monoisotopic (exact) mass is 491 g/mol. The van der Waals surface area contributed by atoms with E-state index in [1.807, 2.05) is 6.07 Å². The number of ether oxygens (including phenoxy) is 1. The highest BCUT2D eigenvalue weighted by molar-refractivity contribution is 9.10. The number of hydrogen-bond acceptors (Lipinski definition) is 4. The van der Waals surface area contributed by atoms with Crippen LogP contribution in [-0.4, -0.2) is 47.8 Å². The quantitative estimate of drug-likeness (QED) is 0.601. The fraction of sp³-hybridized carbons (Fsp3) is 0.318. The summed E-state index contributed by atoms with van der Waals surface area (Å²) in [6.45, 7) is 3.45. The van der Waals surface area contributed by atoms with E-state index in [0.29, 0.717) is 17.7 Å². The number of amides is 4. The Labute approximate surface area is 188 Å². The number of halogens is 2. The second kappa shape index (κ2) is 9.05. The van der Waals surface area contributed by atoms with Crippen molar-refractivity contribution in [2.45, 2.75) is 25.9 Å². The van der Waals surface area contributed by atoms with Crippen LogP contribution in [0.5, 0.6) is 5.75 Å². The molecule has 0 aliphatic carbocycles. The largest absolute Gasteiger partial charge is 0.494 e. The Morgan fingerprint density at radius 1 is 1.26 bits per heavy atom. The molecule has 2 aromatic rings. The Hall–Kier alpha value is -2.94. The molecule has 1 N–H and O–H groups in total. The normalized spacial score (nSPS) is 18.2. The lowest BCUT2D eigenvalue weighted by Crippen LogP contribution is -2.44. The number of carbonyl (C=O) groups is 3. The van der Waals surface area contributed by atoms with Gasteiger partial charge < -0.3 is 15.0 Å². The Morgan fingerprint density at radius 2 is 2.00 bits per heavy atom. The van der Waals surface area contributed by atoms with Crippen molar-refractivity contribution in [2.24, 2.45) is 0 Å². The lowest BCUT2D eigenvalue weighted by Gasteiger charge is -2.25. The van der Waals surface area contributed by atoms with Crippen molar-refractivity contribution in [3.8, 4) is 5.75 Å². The van der Waals surface area contributed by atoms with Crippen LogP contribution in [0.3, 0.4) is 0 Å². The van der Waals surface area contributed by atoms with Crippen molar-refractivity contribution in [3.05, 3.63) is 63.9 Å². The van der Waals surface area contributed by atoms with Gasteiger partial charge in [0, 0.05) is 17.6 Å². The number of nitrogens with one attached hydrogen (secondary N) is 1. The molecule has 0 radical (unpaired) electrons. The molecule has 1 saturated heterocycles. The zero-order chi connectivity index (χ0) is 22.8. The summed E-state index contributed by atoms with van der Waals surface area (Å²) in [5, 5.41) is 2.69. The molecule has 4 amide bonds. The molecule has 0 aromatic heterocycles. The van der Waals surface area contributed by atoms with E-state index in [1.165, 1.54) is 24.1 Å². The second-order valence-corrected chi connectivity index (χ2v) is 8.25. The number of carbonyl (C=O) groups excluding carboxylic acids is 3. The molecular weight excluding hydrogens is 469 g/mol. The molecule has 1 aliphatic rings. The summed E-state index contributed by atoms with van der Waals surface area (Å²) in [7, 11) is 1.37. The summed E-state index contributed by atoms with van der Waals surface area (Å²) >= 11 is 3.36. The van der Waals surface area contributed by atoms with E-state index in [0.717, 1.165) is 9.37 Å². The number of nitrogens with zero attached hydrogens (tertiary/aromatic N) is 2. The van der Waals surface area contributed by atoms with E-state index in [-0.39, 0.29) is 12.3 Å². The molecule has 9 heteroatoms. The summed E-state index contributed by atoms with van der Waals surface area (Å²) in [5.74, 6) is -1.33. The molecule has 1 fully saturated rings. The zero-order valence-electron chi connectivity index (χ0n) is 17.4. The lowest BCUT2D eigenvalue weighted by atomic mass is 9.92. The number of likely N-dealkylation sites (N-methyl/N-ethyl adjacent to an activating group) is 1. The molecule has 3 rings (SSSR count). The molecule has 0 unspecified atom stereocenters. The highest BCUT2D eigenvalue weighted by atomic mass is 79.9. The minimum absolute atomic E-state index is 0.115. The van der Waals surface area contributed by atoms with Crippen LogP contribution in [0.2, 0.25) is 0 Å². The van der Waals surface area contributed by atoms with E-state index in [4.69, 9.17) is 4.74 Å². The van der Waals surface area contributed by atoms with Crippen LogP contribution in [0, 0.1) is 5.82 Å². The smallest absolute Gasteiger partial charge is 0.325 e. The van der Waals surface area contributed by atoms with Crippen LogP contribution in [0.25, 0.3) is 0 Å². The van der Waals surface area contributed by atoms with Gasteiger partial charge in [-0.3, -0.25) is 14.5 Å². The molecule has 164 valence electrons. The average Bonchev–Trinajstić information content (AvgIpc) is 2.96. The van der Waals surface area contributed by atoms with Crippen molar-refractivity contribution < 1.29 is 23.5 Å². The third kappa shape index (κ3) is 4.56. The molecule has 0 spiro atoms. The number of methoxy groups -OCH3 is 1. The molecule has 0 bridgehead atoms. The van der Waals surface area contributed by atoms with E-state index >= 15 is 0 Å². The van der Waals surface area contributed by atoms with Crippen LogP contribution >= 0.6 is 15.9 Å². The predicted octanol–water partition coefficient (Wildman–Crippen LogP) is 3.41. The summed E-state index contributed by atoms with van der Waals surface area (Å²) in [6.07, 6.45) is 0. The third-order valence-electron chi connectivity index (χ3n) is 5.29. The van der Waals surface area contributed by atoms with Crippen molar-refractivity contribution in [2.75, 3.05) is 20.2 Å². The maximum atomic E-state index is 14.0. The minimum Gasteiger partial charge on any atom is -0.494 e. The third-order valence-corrected chi connectivity index (χ3v) is 5.79. The van der Waals surface area contributed by atoms with E-state index in [2.05, 4.69) is 21.2 Å². The van der Waals surface area contributed by atoms with Gasteiger partial charge in [0.15, 0.2) is 11.6 Å². The first-order valence-corrected chi connectivity index (χ1v) is 10.5. The van der Waals surface area contributed by atoms with E-state index in [9.17, 15) is 18.8 Å². The molecule has 1 heterocycles. The number of imide groups is 1. The van der Waals surface area contributed by atoms with Gasteiger partial charge in [0.2, 0.25) is 5.91 Å². The van der Waals surface area contributed by atoms with E-state index < -0.39 is 35.7 Å². The predicted molar refractivity (Wildman–Crippen MR) is 116 cm³/mol. The summed E-state index contributed by atoms with van der Waals surface area (Å²) in [4.78, 5) is 40.8. The maximum Gasteiger partial charge on any atom is 0.325 e. The standard InChI is InChI=1S/C22H23BrFN3O4/c1-4-26(12-14-8-9-18(31-3)17(24)10-14)19(28)13-27-20(29)22(2,25-21(27)30)15-6-5-7-16(23)11-15/h5-11H,4,12-13H2,1-3H3,(H,25,30)/t22-/m0/s1. The van der Waals surface area contributed by atoms with Gasteiger partial charge >= 0.3 is 6.03 Å². The summed E-state index contributed by atoms with van der Waals surface area (Å²) in [6, 6.07) is 10.9. The lowest BCUT2D eigenvalue weighted by molar-refractivity contribution is -0.139. The van der Waals surface area contributed by atoms with Crippen molar-refractivity contribution >= 4 is 33.8 Å². The Kier molecular flexibility index (Phi) is 6.64. The van der Waals surface area contributed by atoms with Crippen molar-refractivity contribution in [3.63, 3.8) is 0 Å². The highest BCUT2D eigenvalue weighted by Gasteiger charge is 2.49. The number of rotatable bonds is 7. The van der Waals surface area contributed by atoms with Gasteiger partial charge in [-0.25, -0.2) is 9.18 Å². The van der Waals surface area contributed by atoms with Gasteiger partial charge in [-0.1, -0.05) is 34.1 Å². The minimum atomic E-state index is -1.27. The van der Waals surface area contributed by atoms with Gasteiger partial charge in [0.05, 0.1) is 7.11 Å². The first-order chi connectivity index (χ1) is 14.7. The highest BCUT2D eigenvalue weighted by Crippen LogP contribution is 2.30. The van der Waals surface area contributed by atoms with E-state index in [1.54, 1.807) is 38.1 Å². The average molecular weight is 492 g/mol. The van der Waals surface area contributed by atoms with Crippen LogP contribution in [0.4, 0.5) is 9.18 Å². The molecule has 1 atom stereocenters. The maximum absolute atomic E-state index is 14.0. The molecule has 1 aliphatic heterocycles. The Balaban J connectivity index is 1.74. The van der Waals surface area contributed by atoms with Gasteiger partial charge in [0.25, 0.3) is 5.91 Å². The first kappa shape index (κ1) is 22.7. The van der Waals surface area contributed by atoms with Crippen LogP contribution in [0.1, 0.15) is 25.0 Å². The number of urea groups is 1. The fourth-order valence-corrected chi connectivity index (χ4v) is 3.88. The zero-order valence-corrected chi connectivity index (χ0v) is 19.0. The molecule has 7 nitrogen and oxygen atoms in total. The number of benzene rings is 2. The van der Waals surface area contributed by atoms with Crippen LogP contribution in [0.15, 0.2) is 46.9 Å². The van der Waals surface area contributed by atoms with Gasteiger partial charge in [0.1, 0.15) is 12.1 Å². The first-order valence-electron chi connectivity index (χ1n) is 9.70. The van der Waals surface area contributed by atoms with Crippen molar-refractivity contribution in [1.29, 1.82) is 0 Å². The Bertz CT molecular complexity index is 1030. The topological polar surface area (TPSA) is 79.0 Å². The van der Waals surface area contributed by atoms with Crippen LogP contribution < -0.4 is 10.1 Å². The van der Waals surface area contributed by atoms with Crippen LogP contribution in [-0.2, 0) is 21.7 Å². The molecular formula is C22H23BrFN3O4. The summed E-state index contributed by atoms with van der Waals surface area (Å²) in [5.41, 5.74) is -0.0852. The fourth-order valence-electron chi connectivity index (χ4n) is 3.48. The number of hydrogen-bond donors (Lipinski definition) is 1. The second-order valence-electron chi connectivity index (χ2n) is 7.33. The molecule has 2 aromatic carbocycles.